The molecule has 0 spiro atoms. The second-order valence-electron chi connectivity index (χ2n) is 4.07. The van der Waals surface area contributed by atoms with Crippen LogP contribution in [0.4, 0.5) is 0 Å². The van der Waals surface area contributed by atoms with Crippen molar-refractivity contribution in [2.45, 2.75) is 33.3 Å². The molecule has 0 saturated carbocycles. The molecular formula is C15H20O3. The molecule has 0 fully saturated rings. The van der Waals surface area contributed by atoms with Crippen molar-refractivity contribution in [1.29, 1.82) is 0 Å². The molecule has 0 heterocycles. The van der Waals surface area contributed by atoms with Crippen LogP contribution in [0.3, 0.4) is 0 Å². The van der Waals surface area contributed by atoms with Gasteiger partial charge in [0.05, 0.1) is 6.61 Å². The zero-order chi connectivity index (χ0) is 13.5. The van der Waals surface area contributed by atoms with Crippen LogP contribution in [0.5, 0.6) is 11.5 Å². The maximum atomic E-state index is 11.2. The molecule has 0 aliphatic rings. The molecule has 0 N–H and O–H groups in total. The summed E-state index contributed by atoms with van der Waals surface area (Å²) in [6.07, 6.45) is 2.04. The first-order valence-electron chi connectivity index (χ1n) is 6.12. The summed E-state index contributed by atoms with van der Waals surface area (Å²) in [5.74, 6) is 1.52. The van der Waals surface area contributed by atoms with Crippen LogP contribution in [0.25, 0.3) is 0 Å². The molecule has 1 aromatic carbocycles. The van der Waals surface area contributed by atoms with Gasteiger partial charge in [-0.05, 0) is 45.4 Å². The Bertz CT molecular complexity index is 424. The second-order valence-corrected chi connectivity index (χ2v) is 4.07. The minimum atomic E-state index is -0.438. The second kappa shape index (κ2) is 6.84. The van der Waals surface area contributed by atoms with Gasteiger partial charge in [-0.15, -0.1) is 6.58 Å². The van der Waals surface area contributed by atoms with Crippen LogP contribution in [-0.4, -0.2) is 18.5 Å². The quantitative estimate of drug-likeness (QED) is 0.695. The average Bonchev–Trinajstić information content (AvgIpc) is 2.33. The fourth-order valence-electron chi connectivity index (χ4n) is 1.52. The highest BCUT2D eigenvalue weighted by molar-refractivity contribution is 5.80. The van der Waals surface area contributed by atoms with Crippen LogP contribution in [0.2, 0.25) is 0 Å². The molecule has 3 heteroatoms. The summed E-state index contributed by atoms with van der Waals surface area (Å²) < 4.78 is 11.1. The minimum absolute atomic E-state index is 0.00781. The molecule has 98 valence electrons. The Kier molecular flexibility index (Phi) is 5.43. The highest BCUT2D eigenvalue weighted by Gasteiger charge is 2.12. The first-order chi connectivity index (χ1) is 8.58. The van der Waals surface area contributed by atoms with Gasteiger partial charge >= 0.3 is 0 Å². The fourth-order valence-corrected chi connectivity index (χ4v) is 1.52. The zero-order valence-corrected chi connectivity index (χ0v) is 11.2. The highest BCUT2D eigenvalue weighted by Crippen LogP contribution is 2.26. The number of benzene rings is 1. The number of rotatable bonds is 7. The Hall–Kier alpha value is -1.77. The van der Waals surface area contributed by atoms with E-state index in [-0.39, 0.29) is 5.78 Å². The topological polar surface area (TPSA) is 35.5 Å². The van der Waals surface area contributed by atoms with Gasteiger partial charge in [0.15, 0.2) is 11.9 Å². The molecule has 0 aliphatic carbocycles. The Balaban J connectivity index is 2.95. The van der Waals surface area contributed by atoms with Gasteiger partial charge in [-0.25, -0.2) is 0 Å². The Morgan fingerprint density at radius 3 is 2.78 bits per heavy atom. The van der Waals surface area contributed by atoms with Gasteiger partial charge in [0.1, 0.15) is 11.5 Å². The van der Waals surface area contributed by atoms with E-state index < -0.39 is 6.10 Å². The van der Waals surface area contributed by atoms with Gasteiger partial charge in [-0.3, -0.25) is 4.79 Å². The van der Waals surface area contributed by atoms with Crippen LogP contribution in [0.15, 0.2) is 30.9 Å². The van der Waals surface area contributed by atoms with Gasteiger partial charge in [-0.2, -0.15) is 0 Å². The van der Waals surface area contributed by atoms with E-state index in [0.717, 1.165) is 11.3 Å². The third kappa shape index (κ3) is 3.91. The Morgan fingerprint density at radius 2 is 2.22 bits per heavy atom. The number of hydrogen-bond donors (Lipinski definition) is 0. The third-order valence-electron chi connectivity index (χ3n) is 2.58. The lowest BCUT2D eigenvalue weighted by atomic mass is 10.1. The molecule has 0 amide bonds. The smallest absolute Gasteiger partial charge is 0.169 e. The van der Waals surface area contributed by atoms with E-state index in [4.69, 9.17) is 9.47 Å². The van der Waals surface area contributed by atoms with Crippen molar-refractivity contribution in [3.63, 3.8) is 0 Å². The number of carbonyl (C=O) groups is 1. The summed E-state index contributed by atoms with van der Waals surface area (Å²) in [6.45, 7) is 9.55. The van der Waals surface area contributed by atoms with E-state index in [1.165, 1.54) is 6.92 Å². The van der Waals surface area contributed by atoms with Crippen molar-refractivity contribution >= 4 is 5.78 Å². The van der Waals surface area contributed by atoms with Gasteiger partial charge in [-0.1, -0.05) is 6.08 Å². The SMILES string of the molecule is C=CCc1cc(OCC)ccc1O[C@H](C)C(C)=O. The van der Waals surface area contributed by atoms with E-state index in [2.05, 4.69) is 6.58 Å². The molecule has 0 bridgehead atoms. The maximum Gasteiger partial charge on any atom is 0.169 e. The summed E-state index contributed by atoms with van der Waals surface area (Å²) in [5, 5.41) is 0. The number of allylic oxidation sites excluding steroid dienone is 1. The van der Waals surface area contributed by atoms with Crippen molar-refractivity contribution in [2.24, 2.45) is 0 Å². The first kappa shape index (κ1) is 14.3. The lowest BCUT2D eigenvalue weighted by molar-refractivity contribution is -0.122. The van der Waals surface area contributed by atoms with Crippen molar-refractivity contribution in [2.75, 3.05) is 6.61 Å². The first-order valence-corrected chi connectivity index (χ1v) is 6.12. The van der Waals surface area contributed by atoms with Crippen molar-refractivity contribution in [1.82, 2.24) is 0 Å². The van der Waals surface area contributed by atoms with E-state index in [1.54, 1.807) is 13.0 Å². The van der Waals surface area contributed by atoms with Crippen molar-refractivity contribution < 1.29 is 14.3 Å². The predicted octanol–water partition coefficient (Wildman–Crippen LogP) is 3.17. The number of ether oxygens (including phenoxy) is 2. The van der Waals surface area contributed by atoms with E-state index >= 15 is 0 Å². The van der Waals surface area contributed by atoms with Crippen LogP contribution < -0.4 is 9.47 Å². The van der Waals surface area contributed by atoms with Crippen molar-refractivity contribution in [3.8, 4) is 11.5 Å². The van der Waals surface area contributed by atoms with Gasteiger partial charge < -0.3 is 9.47 Å². The lowest BCUT2D eigenvalue weighted by Gasteiger charge is -2.16. The van der Waals surface area contributed by atoms with Crippen LogP contribution in [0, 0.1) is 0 Å². The molecule has 0 unspecified atom stereocenters. The molecule has 1 rings (SSSR count). The Labute approximate surface area is 108 Å². The zero-order valence-electron chi connectivity index (χ0n) is 11.2. The normalized spacial score (nSPS) is 11.7. The number of carbonyl (C=O) groups excluding carboxylic acids is 1. The summed E-state index contributed by atoms with van der Waals surface area (Å²) in [6, 6.07) is 5.61. The van der Waals surface area contributed by atoms with Gasteiger partial charge in [0.2, 0.25) is 0 Å². The number of ketones is 1. The van der Waals surface area contributed by atoms with Crippen molar-refractivity contribution in [3.05, 3.63) is 36.4 Å². The van der Waals surface area contributed by atoms with E-state index in [1.807, 2.05) is 25.1 Å². The molecule has 18 heavy (non-hydrogen) atoms. The summed E-state index contributed by atoms with van der Waals surface area (Å²) in [4.78, 5) is 11.2. The molecule has 0 radical (unpaired) electrons. The van der Waals surface area contributed by atoms with Gasteiger partial charge in [0, 0.05) is 5.56 Å². The monoisotopic (exact) mass is 248 g/mol. The number of hydrogen-bond acceptors (Lipinski definition) is 3. The largest absolute Gasteiger partial charge is 0.494 e. The molecule has 0 aliphatic heterocycles. The minimum Gasteiger partial charge on any atom is -0.494 e. The maximum absolute atomic E-state index is 11.2. The predicted molar refractivity (Wildman–Crippen MR) is 72.3 cm³/mol. The lowest BCUT2D eigenvalue weighted by Crippen LogP contribution is -2.21. The summed E-state index contributed by atoms with van der Waals surface area (Å²) in [5.41, 5.74) is 0.976. The molecule has 1 aromatic rings. The average molecular weight is 248 g/mol. The summed E-state index contributed by atoms with van der Waals surface area (Å²) in [7, 11) is 0. The molecular weight excluding hydrogens is 228 g/mol. The third-order valence-corrected chi connectivity index (χ3v) is 2.58. The van der Waals surface area contributed by atoms with Crippen LogP contribution in [-0.2, 0) is 11.2 Å². The standard InChI is InChI=1S/C15H20O3/c1-5-7-13-10-14(17-6-2)8-9-15(13)18-12(4)11(3)16/h5,8-10,12H,1,6-7H2,2-4H3/t12-/m1/s1. The highest BCUT2D eigenvalue weighted by atomic mass is 16.5. The molecule has 3 nitrogen and oxygen atoms in total. The summed E-state index contributed by atoms with van der Waals surface area (Å²) >= 11 is 0. The molecule has 0 aromatic heterocycles. The van der Waals surface area contributed by atoms with Crippen LogP contribution >= 0.6 is 0 Å². The van der Waals surface area contributed by atoms with E-state index in [9.17, 15) is 4.79 Å². The molecule has 1 atom stereocenters. The molecule has 0 saturated heterocycles. The Morgan fingerprint density at radius 1 is 1.50 bits per heavy atom. The van der Waals surface area contributed by atoms with Crippen LogP contribution in [0.1, 0.15) is 26.3 Å². The number of Topliss-reactive ketones (excluding diaryl/α,β-unsaturated/α-hetero) is 1. The van der Waals surface area contributed by atoms with Gasteiger partial charge in [0.25, 0.3) is 0 Å². The van der Waals surface area contributed by atoms with E-state index in [0.29, 0.717) is 18.8 Å². The fraction of sp³-hybridized carbons (Fsp3) is 0.400.